The van der Waals surface area contributed by atoms with Gasteiger partial charge < -0.3 is 4.43 Å². The molecule has 29 valence electrons. The highest BCUT2D eigenvalue weighted by Gasteiger charge is 1.66. The summed E-state index contributed by atoms with van der Waals surface area (Å²) < 4.78 is 4.11. The van der Waals surface area contributed by atoms with Crippen molar-refractivity contribution in [3.63, 3.8) is 0 Å². The summed E-state index contributed by atoms with van der Waals surface area (Å²) in [6.07, 6.45) is 0. The predicted octanol–water partition coefficient (Wildman–Crippen LogP) is -0.611. The molecular weight excluding hydrogens is 104 g/mol. The topological polar surface area (TPSA) is 29.1 Å². The molecule has 0 aliphatic carbocycles. The summed E-state index contributed by atoms with van der Waals surface area (Å²) in [4.78, 5) is 9.35. The fourth-order valence-corrected chi connectivity index (χ4v) is 0.250. The first-order chi connectivity index (χ1) is 2.41. The van der Waals surface area contributed by atoms with Crippen molar-refractivity contribution in [3.05, 3.63) is 0 Å². The molecule has 0 unspecified atom stereocenters. The summed E-state index contributed by atoms with van der Waals surface area (Å²) in [6.45, 7) is 0. The zero-order valence-electron chi connectivity index (χ0n) is 2.51. The van der Waals surface area contributed by atoms with Crippen molar-refractivity contribution in [2.45, 2.75) is 0 Å². The summed E-state index contributed by atoms with van der Waals surface area (Å²) in [6, 6.07) is 0. The standard InChI is InChI=1S/CH3O2SSi/c2-5-3-1-4/h1H,5H2. The smallest absolute Gasteiger partial charge is 0.399 e. The quantitative estimate of drug-likeness (QED) is 0.348. The molecule has 0 N–H and O–H groups in total. The Labute approximate surface area is 37.8 Å². The second-order valence-corrected chi connectivity index (χ2v) is 1.14. The van der Waals surface area contributed by atoms with Gasteiger partial charge in [-0.1, -0.05) is 0 Å². The molecule has 0 bridgehead atoms. The van der Waals surface area contributed by atoms with Crippen molar-refractivity contribution < 1.29 is 9.22 Å². The van der Waals surface area contributed by atoms with E-state index >= 15 is 0 Å². The third-order valence-corrected chi connectivity index (χ3v) is 0.816. The van der Waals surface area contributed by atoms with Crippen LogP contribution in [0.3, 0.4) is 0 Å². The van der Waals surface area contributed by atoms with Crippen molar-refractivity contribution in [1.29, 1.82) is 0 Å². The van der Waals surface area contributed by atoms with Gasteiger partial charge in [-0.3, -0.25) is 4.80 Å². The molecular formula is CH3O2SSi. The van der Waals surface area contributed by atoms with E-state index in [1.165, 1.54) is 0 Å². The van der Waals surface area contributed by atoms with E-state index in [0.717, 1.165) is 5.55 Å². The molecule has 0 aromatic heterocycles. The molecule has 0 aliphatic heterocycles. The van der Waals surface area contributed by atoms with E-state index in [9.17, 15) is 4.80 Å². The Balaban J connectivity index is 2.40. The third-order valence-electron chi connectivity index (χ3n) is 0.136. The Morgan fingerprint density at radius 1 is 2.00 bits per heavy atom. The average Bonchev–Trinajstić information content (AvgIpc) is 1.41. The van der Waals surface area contributed by atoms with Gasteiger partial charge in [-0.05, 0) is 12.2 Å². The molecule has 5 heavy (non-hydrogen) atoms. The van der Waals surface area contributed by atoms with Crippen molar-refractivity contribution in [2.24, 2.45) is 0 Å². The number of thiocarbonyl (C=S) groups is 1. The van der Waals surface area contributed by atoms with Gasteiger partial charge in [-0.15, -0.1) is 0 Å². The molecule has 0 saturated heterocycles. The SMILES string of the molecule is [O][SiH2]OC=S. The van der Waals surface area contributed by atoms with Crippen molar-refractivity contribution >= 4 is 27.8 Å². The molecule has 2 nitrogen and oxygen atoms in total. The molecule has 0 rings (SSSR count). The molecule has 4 heteroatoms. The Hall–Kier alpha value is 0.0669. The van der Waals surface area contributed by atoms with E-state index in [-0.39, 0.29) is 0 Å². The lowest BCUT2D eigenvalue weighted by molar-refractivity contribution is 0.384. The van der Waals surface area contributed by atoms with E-state index in [4.69, 9.17) is 0 Å². The summed E-state index contributed by atoms with van der Waals surface area (Å²) in [7, 11) is -1.50. The van der Waals surface area contributed by atoms with Crippen LogP contribution in [0.5, 0.6) is 0 Å². The Bertz CT molecular complexity index is 30.8. The largest absolute Gasteiger partial charge is 0.520 e. The minimum atomic E-state index is -1.50. The van der Waals surface area contributed by atoms with Gasteiger partial charge in [0.2, 0.25) is 0 Å². The van der Waals surface area contributed by atoms with Crippen molar-refractivity contribution in [1.82, 2.24) is 0 Å². The van der Waals surface area contributed by atoms with Crippen molar-refractivity contribution in [2.75, 3.05) is 0 Å². The van der Waals surface area contributed by atoms with Crippen LogP contribution in [0.15, 0.2) is 0 Å². The number of rotatable bonds is 2. The first kappa shape index (κ1) is 5.07. The molecule has 0 spiro atoms. The minimum absolute atomic E-state index is 1.01. The van der Waals surface area contributed by atoms with E-state index in [2.05, 4.69) is 16.6 Å². The van der Waals surface area contributed by atoms with Crippen LogP contribution in [0.1, 0.15) is 0 Å². The van der Waals surface area contributed by atoms with Gasteiger partial charge in [0.15, 0.2) is 0 Å². The van der Waals surface area contributed by atoms with Gasteiger partial charge in [0.05, 0.1) is 0 Å². The highest BCUT2D eigenvalue weighted by atomic mass is 32.1. The van der Waals surface area contributed by atoms with Crippen molar-refractivity contribution in [3.8, 4) is 0 Å². The highest BCUT2D eigenvalue weighted by molar-refractivity contribution is 7.78. The first-order valence-electron chi connectivity index (χ1n) is 1.05. The lowest BCUT2D eigenvalue weighted by Gasteiger charge is -1.79. The van der Waals surface area contributed by atoms with Gasteiger partial charge in [-0.2, -0.15) is 0 Å². The van der Waals surface area contributed by atoms with Gasteiger partial charge >= 0.3 is 10.0 Å². The predicted molar refractivity (Wildman–Crippen MR) is 24.0 cm³/mol. The van der Waals surface area contributed by atoms with Crippen LogP contribution in [-0.2, 0) is 9.22 Å². The van der Waals surface area contributed by atoms with Crippen LogP contribution >= 0.6 is 12.2 Å². The Morgan fingerprint density at radius 2 is 2.60 bits per heavy atom. The van der Waals surface area contributed by atoms with Crippen LogP contribution in [-0.4, -0.2) is 15.6 Å². The molecule has 0 heterocycles. The maximum atomic E-state index is 9.35. The number of hydrogen-bond donors (Lipinski definition) is 0. The van der Waals surface area contributed by atoms with E-state index in [1.54, 1.807) is 0 Å². The van der Waals surface area contributed by atoms with Crippen LogP contribution in [0.4, 0.5) is 0 Å². The Kier molecular flexibility index (Phi) is 4.12. The molecule has 0 aromatic carbocycles. The number of hydrogen-bond acceptors (Lipinski definition) is 2. The average molecular weight is 107 g/mol. The summed E-state index contributed by atoms with van der Waals surface area (Å²) in [5, 5.41) is 0. The lowest BCUT2D eigenvalue weighted by atomic mass is 11.7. The summed E-state index contributed by atoms with van der Waals surface area (Å²) in [5.41, 5.74) is 1.01. The summed E-state index contributed by atoms with van der Waals surface area (Å²) in [5.74, 6) is 0. The molecule has 0 aromatic rings. The normalized spacial score (nSPS) is 9.00. The van der Waals surface area contributed by atoms with Crippen LogP contribution in [0.25, 0.3) is 0 Å². The molecule has 0 fully saturated rings. The molecule has 0 saturated carbocycles. The lowest BCUT2D eigenvalue weighted by Crippen LogP contribution is -1.87. The van der Waals surface area contributed by atoms with E-state index in [0.29, 0.717) is 0 Å². The maximum Gasteiger partial charge on any atom is 0.399 e. The summed E-state index contributed by atoms with van der Waals surface area (Å²) >= 11 is 4.14. The second kappa shape index (κ2) is 4.07. The second-order valence-electron chi connectivity index (χ2n) is 0.381. The molecule has 0 aliphatic rings. The molecule has 0 atom stereocenters. The van der Waals surface area contributed by atoms with Gasteiger partial charge in [-0.25, -0.2) is 0 Å². The van der Waals surface area contributed by atoms with Crippen LogP contribution < -0.4 is 0 Å². The first-order valence-corrected chi connectivity index (χ1v) is 2.67. The van der Waals surface area contributed by atoms with E-state index < -0.39 is 10.0 Å². The van der Waals surface area contributed by atoms with Gasteiger partial charge in [0.1, 0.15) is 5.55 Å². The van der Waals surface area contributed by atoms with Gasteiger partial charge in [0, 0.05) is 0 Å². The molecule has 1 radical (unpaired) electrons. The maximum absolute atomic E-state index is 9.35. The molecule has 0 amide bonds. The zero-order chi connectivity index (χ0) is 4.12. The highest BCUT2D eigenvalue weighted by Crippen LogP contribution is 1.52. The van der Waals surface area contributed by atoms with Crippen LogP contribution in [0.2, 0.25) is 0 Å². The fraction of sp³-hybridized carbons (Fsp3) is 0. The third kappa shape index (κ3) is 4.07. The zero-order valence-corrected chi connectivity index (χ0v) is 4.74. The Morgan fingerprint density at radius 3 is 2.60 bits per heavy atom. The van der Waals surface area contributed by atoms with Gasteiger partial charge in [0.25, 0.3) is 0 Å². The van der Waals surface area contributed by atoms with E-state index in [1.807, 2.05) is 0 Å². The van der Waals surface area contributed by atoms with Crippen LogP contribution in [0, 0.1) is 0 Å². The monoisotopic (exact) mass is 107 g/mol. The minimum Gasteiger partial charge on any atom is -0.520 e. The fourth-order valence-electron chi connectivity index (χ4n) is 0.0278.